The van der Waals surface area contributed by atoms with E-state index in [2.05, 4.69) is 10.3 Å². The summed E-state index contributed by atoms with van der Waals surface area (Å²) in [5.74, 6) is 0.938. The third-order valence-corrected chi connectivity index (χ3v) is 2.66. The lowest BCUT2D eigenvalue weighted by atomic mass is 10.0. The van der Waals surface area contributed by atoms with Crippen LogP contribution < -0.4 is 5.73 Å². The van der Waals surface area contributed by atoms with E-state index in [0.29, 0.717) is 0 Å². The fourth-order valence-electron chi connectivity index (χ4n) is 1.42. The van der Waals surface area contributed by atoms with Gasteiger partial charge in [-0.1, -0.05) is 18.1 Å². The molecule has 4 heteroatoms. The van der Waals surface area contributed by atoms with E-state index in [1.54, 1.807) is 0 Å². The molecule has 1 aliphatic carbocycles. The number of aromatic nitrogens is 3. The fraction of sp³-hybridized carbons (Fsp3) is 0.800. The molecule has 1 aromatic heterocycles. The Hall–Kier alpha value is -0.900. The molecule has 0 aromatic carbocycles. The minimum Gasteiger partial charge on any atom is -0.320 e. The van der Waals surface area contributed by atoms with Crippen LogP contribution in [0.3, 0.4) is 0 Å². The van der Waals surface area contributed by atoms with Crippen molar-refractivity contribution >= 4 is 0 Å². The van der Waals surface area contributed by atoms with Gasteiger partial charge in [-0.05, 0) is 26.2 Å². The summed E-state index contributed by atoms with van der Waals surface area (Å²) in [5.41, 5.74) is 6.41. The zero-order valence-electron chi connectivity index (χ0n) is 8.90. The van der Waals surface area contributed by atoms with Crippen LogP contribution in [0.15, 0.2) is 6.20 Å². The highest BCUT2D eigenvalue weighted by Gasteiger charge is 2.22. The molecular weight excluding hydrogens is 176 g/mol. The van der Waals surface area contributed by atoms with Crippen LogP contribution in [0, 0.1) is 5.92 Å². The van der Waals surface area contributed by atoms with Crippen LogP contribution in [-0.2, 0) is 12.1 Å². The number of rotatable bonds is 4. The van der Waals surface area contributed by atoms with Gasteiger partial charge in [0.25, 0.3) is 0 Å². The van der Waals surface area contributed by atoms with Crippen LogP contribution in [-0.4, -0.2) is 15.0 Å². The van der Waals surface area contributed by atoms with Crippen LogP contribution in [0.25, 0.3) is 0 Å². The van der Waals surface area contributed by atoms with Gasteiger partial charge < -0.3 is 5.73 Å². The van der Waals surface area contributed by atoms with Crippen molar-refractivity contribution in [1.29, 1.82) is 0 Å². The summed E-state index contributed by atoms with van der Waals surface area (Å²) in [5, 5.41) is 8.14. The van der Waals surface area contributed by atoms with Crippen molar-refractivity contribution in [2.75, 3.05) is 0 Å². The summed E-state index contributed by atoms with van der Waals surface area (Å²) in [6.07, 6.45) is 5.98. The zero-order chi connectivity index (χ0) is 10.2. The standard InChI is InChI=1S/C10H18N4/c1-10(2,11)9-7-14(13-12-9)6-5-8-3-4-8/h7-8H,3-6,11H2,1-2H3. The average Bonchev–Trinajstić information content (AvgIpc) is 2.77. The maximum absolute atomic E-state index is 5.92. The molecule has 4 nitrogen and oxygen atoms in total. The molecule has 78 valence electrons. The number of nitrogens with two attached hydrogens (primary N) is 1. The van der Waals surface area contributed by atoms with Gasteiger partial charge in [-0.25, -0.2) is 0 Å². The lowest BCUT2D eigenvalue weighted by Gasteiger charge is -2.13. The zero-order valence-corrected chi connectivity index (χ0v) is 8.90. The first-order valence-electron chi connectivity index (χ1n) is 5.25. The van der Waals surface area contributed by atoms with Crippen LogP contribution in [0.2, 0.25) is 0 Å². The number of nitrogens with zero attached hydrogens (tertiary/aromatic N) is 3. The minimum absolute atomic E-state index is 0.377. The Morgan fingerprint density at radius 3 is 2.79 bits per heavy atom. The minimum atomic E-state index is -0.377. The summed E-state index contributed by atoms with van der Waals surface area (Å²) in [6.45, 7) is 4.87. The molecule has 1 heterocycles. The van der Waals surface area contributed by atoms with Crippen LogP contribution >= 0.6 is 0 Å². The van der Waals surface area contributed by atoms with E-state index in [-0.39, 0.29) is 5.54 Å². The lowest BCUT2D eigenvalue weighted by molar-refractivity contribution is 0.529. The van der Waals surface area contributed by atoms with E-state index in [9.17, 15) is 0 Å². The van der Waals surface area contributed by atoms with Crippen molar-refractivity contribution in [2.45, 2.75) is 45.2 Å². The molecule has 0 saturated heterocycles. The second-order valence-corrected chi connectivity index (χ2v) is 4.82. The van der Waals surface area contributed by atoms with Crippen molar-refractivity contribution in [2.24, 2.45) is 11.7 Å². The summed E-state index contributed by atoms with van der Waals surface area (Å²) in [6, 6.07) is 0. The molecule has 0 spiro atoms. The van der Waals surface area contributed by atoms with Crippen LogP contribution in [0.5, 0.6) is 0 Å². The molecule has 0 bridgehead atoms. The van der Waals surface area contributed by atoms with E-state index in [4.69, 9.17) is 5.73 Å². The molecule has 1 aromatic rings. The molecule has 14 heavy (non-hydrogen) atoms. The van der Waals surface area contributed by atoms with Gasteiger partial charge in [0.2, 0.25) is 0 Å². The average molecular weight is 194 g/mol. The van der Waals surface area contributed by atoms with Crippen LogP contribution in [0.4, 0.5) is 0 Å². The molecule has 1 aliphatic rings. The first-order valence-corrected chi connectivity index (χ1v) is 5.25. The first kappa shape index (κ1) is 9.65. The molecule has 0 atom stereocenters. The highest BCUT2D eigenvalue weighted by Crippen LogP contribution is 2.32. The van der Waals surface area contributed by atoms with E-state index < -0.39 is 0 Å². The largest absolute Gasteiger partial charge is 0.320 e. The van der Waals surface area contributed by atoms with Crippen molar-refractivity contribution < 1.29 is 0 Å². The number of aryl methyl sites for hydroxylation is 1. The van der Waals surface area contributed by atoms with Gasteiger partial charge in [0.1, 0.15) is 5.69 Å². The summed E-state index contributed by atoms with van der Waals surface area (Å²) < 4.78 is 1.91. The Labute approximate surface area is 84.5 Å². The van der Waals surface area contributed by atoms with E-state index in [1.807, 2.05) is 24.7 Å². The number of hydrogen-bond donors (Lipinski definition) is 1. The van der Waals surface area contributed by atoms with Gasteiger partial charge in [-0.2, -0.15) is 0 Å². The monoisotopic (exact) mass is 194 g/mol. The molecule has 2 N–H and O–H groups in total. The topological polar surface area (TPSA) is 56.7 Å². The lowest BCUT2D eigenvalue weighted by Crippen LogP contribution is -2.29. The third-order valence-electron chi connectivity index (χ3n) is 2.66. The summed E-state index contributed by atoms with van der Waals surface area (Å²) >= 11 is 0. The molecule has 2 rings (SSSR count). The SMILES string of the molecule is CC(C)(N)c1cn(CCC2CC2)nn1. The number of hydrogen-bond acceptors (Lipinski definition) is 3. The highest BCUT2D eigenvalue weighted by atomic mass is 15.4. The summed E-state index contributed by atoms with van der Waals surface area (Å²) in [4.78, 5) is 0. The Morgan fingerprint density at radius 2 is 2.29 bits per heavy atom. The van der Waals surface area contributed by atoms with E-state index >= 15 is 0 Å². The molecule has 1 saturated carbocycles. The molecule has 0 radical (unpaired) electrons. The molecule has 0 amide bonds. The van der Waals surface area contributed by atoms with Crippen molar-refractivity contribution in [3.8, 4) is 0 Å². The quantitative estimate of drug-likeness (QED) is 0.785. The van der Waals surface area contributed by atoms with Crippen molar-refractivity contribution in [3.63, 3.8) is 0 Å². The smallest absolute Gasteiger partial charge is 0.102 e. The Balaban J connectivity index is 1.94. The first-order chi connectivity index (χ1) is 6.55. The van der Waals surface area contributed by atoms with Gasteiger partial charge in [0.15, 0.2) is 0 Å². The Kier molecular flexibility index (Phi) is 2.31. The van der Waals surface area contributed by atoms with Gasteiger partial charge in [0, 0.05) is 6.54 Å². The molecule has 0 unspecified atom stereocenters. The normalized spacial score (nSPS) is 17.4. The van der Waals surface area contributed by atoms with Gasteiger partial charge in [-0.15, -0.1) is 5.10 Å². The second kappa shape index (κ2) is 3.35. The Bertz CT molecular complexity index is 306. The molecular formula is C10H18N4. The van der Waals surface area contributed by atoms with Gasteiger partial charge >= 0.3 is 0 Å². The van der Waals surface area contributed by atoms with Crippen molar-refractivity contribution in [1.82, 2.24) is 15.0 Å². The van der Waals surface area contributed by atoms with Gasteiger partial charge in [0.05, 0.1) is 11.7 Å². The predicted octanol–water partition coefficient (Wildman–Crippen LogP) is 1.27. The molecule has 1 fully saturated rings. The van der Waals surface area contributed by atoms with E-state index in [0.717, 1.165) is 18.2 Å². The maximum Gasteiger partial charge on any atom is 0.102 e. The van der Waals surface area contributed by atoms with Gasteiger partial charge in [-0.3, -0.25) is 4.68 Å². The second-order valence-electron chi connectivity index (χ2n) is 4.82. The van der Waals surface area contributed by atoms with E-state index in [1.165, 1.54) is 19.3 Å². The fourth-order valence-corrected chi connectivity index (χ4v) is 1.42. The Morgan fingerprint density at radius 1 is 1.57 bits per heavy atom. The van der Waals surface area contributed by atoms with Crippen molar-refractivity contribution in [3.05, 3.63) is 11.9 Å². The third kappa shape index (κ3) is 2.32. The highest BCUT2D eigenvalue weighted by molar-refractivity contribution is 5.05. The summed E-state index contributed by atoms with van der Waals surface area (Å²) in [7, 11) is 0. The predicted molar refractivity (Wildman–Crippen MR) is 54.6 cm³/mol. The maximum atomic E-state index is 5.92. The van der Waals surface area contributed by atoms with Crippen LogP contribution in [0.1, 0.15) is 38.8 Å². The molecule has 0 aliphatic heterocycles.